The van der Waals surface area contributed by atoms with Crippen LogP contribution >= 0.6 is 11.3 Å². The highest BCUT2D eigenvalue weighted by Crippen LogP contribution is 2.20. The Labute approximate surface area is 72.4 Å². The number of hydrogen-bond acceptors (Lipinski definition) is 2. The van der Waals surface area contributed by atoms with Crippen molar-refractivity contribution in [2.75, 3.05) is 6.54 Å². The van der Waals surface area contributed by atoms with Crippen LogP contribution in [0.25, 0.3) is 0 Å². The van der Waals surface area contributed by atoms with Crippen LogP contribution in [0.15, 0.2) is 10.8 Å². The van der Waals surface area contributed by atoms with Crippen molar-refractivity contribution in [2.24, 2.45) is 0 Å². The first-order valence-electron chi connectivity index (χ1n) is 4.01. The minimum Gasteiger partial charge on any atom is -0.310 e. The second kappa shape index (κ2) is 3.88. The van der Waals surface area contributed by atoms with Crippen LogP contribution in [0.5, 0.6) is 0 Å². The molecule has 1 heterocycles. The van der Waals surface area contributed by atoms with E-state index in [9.17, 15) is 0 Å². The van der Waals surface area contributed by atoms with Gasteiger partial charge in [0.2, 0.25) is 0 Å². The zero-order valence-electron chi connectivity index (χ0n) is 7.35. The van der Waals surface area contributed by atoms with E-state index < -0.39 is 0 Å². The fourth-order valence-electron chi connectivity index (χ4n) is 1.23. The number of nitrogens with one attached hydrogen (secondary N) is 1. The van der Waals surface area contributed by atoms with Crippen LogP contribution < -0.4 is 5.32 Å². The Balaban J connectivity index is 2.67. The lowest BCUT2D eigenvalue weighted by molar-refractivity contribution is 0.597. The summed E-state index contributed by atoms with van der Waals surface area (Å²) in [6, 6.07) is 0.506. The van der Waals surface area contributed by atoms with Crippen LogP contribution in [-0.2, 0) is 0 Å². The molecule has 0 aliphatic heterocycles. The van der Waals surface area contributed by atoms with Gasteiger partial charge in [-0.25, -0.2) is 0 Å². The fourth-order valence-corrected chi connectivity index (χ4v) is 2.17. The van der Waals surface area contributed by atoms with Crippen molar-refractivity contribution >= 4 is 11.3 Å². The van der Waals surface area contributed by atoms with E-state index in [-0.39, 0.29) is 0 Å². The molecule has 0 saturated carbocycles. The van der Waals surface area contributed by atoms with Gasteiger partial charge < -0.3 is 5.32 Å². The Bertz CT molecular complexity index is 217. The van der Waals surface area contributed by atoms with Gasteiger partial charge in [0, 0.05) is 6.04 Å². The van der Waals surface area contributed by atoms with E-state index in [0.717, 1.165) is 6.54 Å². The maximum Gasteiger partial charge on any atom is 0.0302 e. The third-order valence-corrected chi connectivity index (χ3v) is 2.75. The predicted octanol–water partition coefficient (Wildman–Crippen LogP) is 2.73. The molecule has 1 unspecified atom stereocenters. The van der Waals surface area contributed by atoms with Crippen molar-refractivity contribution in [1.82, 2.24) is 5.32 Å². The molecule has 1 aromatic heterocycles. The van der Waals surface area contributed by atoms with E-state index in [1.54, 1.807) is 11.3 Å². The summed E-state index contributed by atoms with van der Waals surface area (Å²) < 4.78 is 0. The SMILES string of the molecule is CCNC(C)c1cscc1C. The second-order valence-electron chi connectivity index (χ2n) is 2.79. The van der Waals surface area contributed by atoms with Crippen LogP contribution in [0, 0.1) is 6.92 Å². The van der Waals surface area contributed by atoms with Gasteiger partial charge in [0.15, 0.2) is 0 Å². The molecule has 1 aromatic rings. The van der Waals surface area contributed by atoms with Crippen molar-refractivity contribution in [2.45, 2.75) is 26.8 Å². The van der Waals surface area contributed by atoms with Gasteiger partial charge in [-0.15, -0.1) is 0 Å². The lowest BCUT2D eigenvalue weighted by Crippen LogP contribution is -2.17. The van der Waals surface area contributed by atoms with E-state index >= 15 is 0 Å². The minimum atomic E-state index is 0.506. The van der Waals surface area contributed by atoms with E-state index in [1.165, 1.54) is 11.1 Å². The summed E-state index contributed by atoms with van der Waals surface area (Å²) in [4.78, 5) is 0. The maximum absolute atomic E-state index is 3.40. The fraction of sp³-hybridized carbons (Fsp3) is 0.556. The summed E-state index contributed by atoms with van der Waals surface area (Å²) in [5, 5.41) is 7.82. The van der Waals surface area contributed by atoms with Crippen LogP contribution in [0.2, 0.25) is 0 Å². The summed E-state index contributed by atoms with van der Waals surface area (Å²) >= 11 is 1.78. The van der Waals surface area contributed by atoms with Gasteiger partial charge in [-0.2, -0.15) is 11.3 Å². The Kier molecular flexibility index (Phi) is 3.09. The van der Waals surface area contributed by atoms with Gasteiger partial charge in [-0.05, 0) is 42.3 Å². The van der Waals surface area contributed by atoms with Gasteiger partial charge in [0.1, 0.15) is 0 Å². The van der Waals surface area contributed by atoms with Gasteiger partial charge in [0.05, 0.1) is 0 Å². The molecule has 0 aliphatic carbocycles. The van der Waals surface area contributed by atoms with Crippen LogP contribution in [0.1, 0.15) is 31.0 Å². The molecule has 62 valence electrons. The topological polar surface area (TPSA) is 12.0 Å². The zero-order valence-corrected chi connectivity index (χ0v) is 8.16. The first-order chi connectivity index (χ1) is 5.25. The molecule has 2 heteroatoms. The third kappa shape index (κ3) is 2.04. The van der Waals surface area contributed by atoms with E-state index in [0.29, 0.717) is 6.04 Å². The number of rotatable bonds is 3. The standard InChI is InChI=1S/C9H15NS/c1-4-10-8(3)9-6-11-5-7(9)2/h5-6,8,10H,4H2,1-3H3. The third-order valence-electron chi connectivity index (χ3n) is 1.87. The van der Waals surface area contributed by atoms with Gasteiger partial charge in [-0.1, -0.05) is 6.92 Å². The highest BCUT2D eigenvalue weighted by molar-refractivity contribution is 7.08. The summed E-state index contributed by atoms with van der Waals surface area (Å²) in [6.45, 7) is 7.55. The number of thiophene rings is 1. The summed E-state index contributed by atoms with van der Waals surface area (Å²) in [6.07, 6.45) is 0. The van der Waals surface area contributed by atoms with Gasteiger partial charge in [0.25, 0.3) is 0 Å². The van der Waals surface area contributed by atoms with Crippen molar-refractivity contribution in [3.05, 3.63) is 21.9 Å². The largest absolute Gasteiger partial charge is 0.310 e. The van der Waals surface area contributed by atoms with Crippen LogP contribution in [0.3, 0.4) is 0 Å². The quantitative estimate of drug-likeness (QED) is 0.733. The highest BCUT2D eigenvalue weighted by atomic mass is 32.1. The van der Waals surface area contributed by atoms with Crippen molar-refractivity contribution in [3.8, 4) is 0 Å². The minimum absolute atomic E-state index is 0.506. The normalized spacial score (nSPS) is 13.4. The molecule has 0 radical (unpaired) electrons. The molecule has 1 rings (SSSR count). The molecule has 1 nitrogen and oxygen atoms in total. The molecule has 0 spiro atoms. The summed E-state index contributed by atoms with van der Waals surface area (Å²) in [7, 11) is 0. The van der Waals surface area contributed by atoms with E-state index in [1.807, 2.05) is 0 Å². The molecule has 1 N–H and O–H groups in total. The monoisotopic (exact) mass is 169 g/mol. The van der Waals surface area contributed by atoms with E-state index in [2.05, 4.69) is 36.8 Å². The first-order valence-corrected chi connectivity index (χ1v) is 4.96. The molecule has 11 heavy (non-hydrogen) atoms. The highest BCUT2D eigenvalue weighted by Gasteiger charge is 2.06. The average Bonchev–Trinajstić information content (AvgIpc) is 2.36. The Morgan fingerprint density at radius 1 is 1.55 bits per heavy atom. The molecule has 0 bridgehead atoms. The summed E-state index contributed by atoms with van der Waals surface area (Å²) in [5.41, 5.74) is 2.85. The Morgan fingerprint density at radius 3 is 2.73 bits per heavy atom. The molecule has 0 aromatic carbocycles. The lowest BCUT2D eigenvalue weighted by atomic mass is 10.1. The maximum atomic E-state index is 3.40. The van der Waals surface area contributed by atoms with E-state index in [4.69, 9.17) is 0 Å². The molecular weight excluding hydrogens is 154 g/mol. The second-order valence-corrected chi connectivity index (χ2v) is 3.53. The first kappa shape index (κ1) is 8.75. The molecule has 1 atom stereocenters. The number of aryl methyl sites for hydroxylation is 1. The summed E-state index contributed by atoms with van der Waals surface area (Å²) in [5.74, 6) is 0. The van der Waals surface area contributed by atoms with Gasteiger partial charge >= 0.3 is 0 Å². The molecular formula is C9H15NS. The van der Waals surface area contributed by atoms with Gasteiger partial charge in [-0.3, -0.25) is 0 Å². The number of hydrogen-bond donors (Lipinski definition) is 1. The Hall–Kier alpha value is -0.340. The lowest BCUT2D eigenvalue weighted by Gasteiger charge is -2.11. The zero-order chi connectivity index (χ0) is 8.27. The van der Waals surface area contributed by atoms with Crippen molar-refractivity contribution in [1.29, 1.82) is 0 Å². The van der Waals surface area contributed by atoms with Crippen molar-refractivity contribution in [3.63, 3.8) is 0 Å². The molecule has 0 amide bonds. The smallest absolute Gasteiger partial charge is 0.0302 e. The van der Waals surface area contributed by atoms with Crippen molar-refractivity contribution < 1.29 is 0 Å². The average molecular weight is 169 g/mol. The molecule has 0 aliphatic rings. The molecule has 0 fully saturated rings. The Morgan fingerprint density at radius 2 is 2.27 bits per heavy atom. The predicted molar refractivity (Wildman–Crippen MR) is 51.1 cm³/mol. The van der Waals surface area contributed by atoms with Crippen LogP contribution in [0.4, 0.5) is 0 Å². The van der Waals surface area contributed by atoms with Crippen LogP contribution in [-0.4, -0.2) is 6.54 Å². The molecule has 0 saturated heterocycles.